The lowest BCUT2D eigenvalue weighted by Crippen LogP contribution is -2.59. The molecule has 1 saturated carbocycles. The number of aromatic nitrogens is 2. The van der Waals surface area contributed by atoms with E-state index in [0.29, 0.717) is 26.3 Å². The third-order valence-electron chi connectivity index (χ3n) is 6.41. The SMILES string of the molecule is CC1(OC(=O)N2CC3COCC(C2)C3Oc2ncnc(Nc3ccc(C#N)cc3F)c2F)CC1. The maximum absolute atomic E-state index is 15.2. The van der Waals surface area contributed by atoms with Crippen molar-refractivity contribution < 1.29 is 27.8 Å². The van der Waals surface area contributed by atoms with E-state index in [9.17, 15) is 9.18 Å². The van der Waals surface area contributed by atoms with Crippen LogP contribution in [0.3, 0.4) is 0 Å². The Balaban J connectivity index is 1.30. The molecule has 9 nitrogen and oxygen atoms in total. The number of ether oxygens (including phenoxy) is 3. The second-order valence-electron chi connectivity index (χ2n) is 9.14. The van der Waals surface area contributed by atoms with Gasteiger partial charge in [0.2, 0.25) is 5.82 Å². The molecule has 5 rings (SSSR count). The number of likely N-dealkylation sites (tertiary alicyclic amines) is 1. The van der Waals surface area contributed by atoms with E-state index in [1.165, 1.54) is 12.1 Å². The number of nitrogens with zero attached hydrogens (tertiary/aromatic N) is 4. The summed E-state index contributed by atoms with van der Waals surface area (Å²) < 4.78 is 46.6. The second kappa shape index (κ2) is 8.68. The molecule has 1 aliphatic carbocycles. The molecular weight excluding hydrogens is 448 g/mol. The Hall–Kier alpha value is -3.52. The van der Waals surface area contributed by atoms with Crippen LogP contribution in [0.15, 0.2) is 24.5 Å². The molecule has 1 aromatic carbocycles. The maximum Gasteiger partial charge on any atom is 0.410 e. The minimum atomic E-state index is -0.867. The Bertz CT molecular complexity index is 1140. The predicted molar refractivity (Wildman–Crippen MR) is 114 cm³/mol. The van der Waals surface area contributed by atoms with Crippen molar-refractivity contribution >= 4 is 17.6 Å². The Morgan fingerprint density at radius 3 is 2.65 bits per heavy atom. The number of hydrogen-bond acceptors (Lipinski definition) is 8. The highest BCUT2D eigenvalue weighted by Gasteiger charge is 2.47. The number of hydrogen-bond donors (Lipinski definition) is 1. The summed E-state index contributed by atoms with van der Waals surface area (Å²) >= 11 is 0. The van der Waals surface area contributed by atoms with Crippen LogP contribution >= 0.6 is 0 Å². The largest absolute Gasteiger partial charge is 0.471 e. The zero-order valence-corrected chi connectivity index (χ0v) is 18.5. The fourth-order valence-corrected chi connectivity index (χ4v) is 4.26. The molecule has 2 aliphatic heterocycles. The fourth-order valence-electron chi connectivity index (χ4n) is 4.26. The number of carbonyl (C=O) groups is 1. The number of piperidine rings is 1. The highest BCUT2D eigenvalue weighted by Crippen LogP contribution is 2.40. The average molecular weight is 471 g/mol. The minimum absolute atomic E-state index is 0.0380. The van der Waals surface area contributed by atoms with Crippen LogP contribution in [0, 0.1) is 34.8 Å². The number of rotatable bonds is 5. The molecule has 0 radical (unpaired) electrons. The van der Waals surface area contributed by atoms with Crippen molar-refractivity contribution in [2.45, 2.75) is 31.5 Å². The van der Waals surface area contributed by atoms with Gasteiger partial charge >= 0.3 is 6.09 Å². The van der Waals surface area contributed by atoms with Crippen LogP contribution in [0.2, 0.25) is 0 Å². The van der Waals surface area contributed by atoms with Gasteiger partial charge in [0.25, 0.3) is 5.88 Å². The van der Waals surface area contributed by atoms with Crippen molar-refractivity contribution in [2.24, 2.45) is 11.8 Å². The Kier molecular flexibility index (Phi) is 5.69. The van der Waals surface area contributed by atoms with E-state index in [-0.39, 0.29) is 46.5 Å². The van der Waals surface area contributed by atoms with Crippen LogP contribution in [0.5, 0.6) is 5.88 Å². The molecular formula is C23H23F2N5O4. The molecule has 178 valence electrons. The van der Waals surface area contributed by atoms with Crippen LogP contribution in [0.1, 0.15) is 25.3 Å². The molecule has 0 spiro atoms. The van der Waals surface area contributed by atoms with Gasteiger partial charge in [0.05, 0.1) is 30.5 Å². The van der Waals surface area contributed by atoms with E-state index >= 15 is 4.39 Å². The van der Waals surface area contributed by atoms with Crippen molar-refractivity contribution in [1.29, 1.82) is 5.26 Å². The lowest BCUT2D eigenvalue weighted by atomic mass is 9.84. The van der Waals surface area contributed by atoms with Gasteiger partial charge < -0.3 is 24.4 Å². The van der Waals surface area contributed by atoms with E-state index in [1.54, 1.807) is 4.90 Å². The molecule has 1 amide bonds. The van der Waals surface area contributed by atoms with Gasteiger partial charge in [-0.3, -0.25) is 0 Å². The lowest BCUT2D eigenvalue weighted by molar-refractivity contribution is -0.112. The van der Waals surface area contributed by atoms with Crippen molar-refractivity contribution in [3.05, 3.63) is 41.7 Å². The molecule has 2 bridgehead atoms. The highest BCUT2D eigenvalue weighted by molar-refractivity contribution is 5.68. The first kappa shape index (κ1) is 22.3. The van der Waals surface area contributed by atoms with Crippen molar-refractivity contribution in [2.75, 3.05) is 31.6 Å². The maximum atomic E-state index is 15.2. The number of amides is 1. The lowest BCUT2D eigenvalue weighted by Gasteiger charge is -2.46. The van der Waals surface area contributed by atoms with Gasteiger partial charge in [-0.2, -0.15) is 14.6 Å². The average Bonchev–Trinajstić information content (AvgIpc) is 3.53. The first-order valence-corrected chi connectivity index (χ1v) is 11.0. The number of halogens is 2. The quantitative estimate of drug-likeness (QED) is 0.707. The third-order valence-corrected chi connectivity index (χ3v) is 6.41. The van der Waals surface area contributed by atoms with Gasteiger partial charge in [0, 0.05) is 24.9 Å². The van der Waals surface area contributed by atoms with Gasteiger partial charge in [-0.15, -0.1) is 0 Å². The van der Waals surface area contributed by atoms with Gasteiger partial charge in [-0.1, -0.05) is 0 Å². The summed E-state index contributed by atoms with van der Waals surface area (Å²) in [5, 5.41) is 11.5. The first-order valence-electron chi connectivity index (χ1n) is 11.0. The van der Waals surface area contributed by atoms with Crippen molar-refractivity contribution in [1.82, 2.24) is 14.9 Å². The van der Waals surface area contributed by atoms with Crippen LogP contribution in [0.25, 0.3) is 0 Å². The molecule has 2 atom stereocenters. The van der Waals surface area contributed by atoms with Gasteiger partial charge in [0.15, 0.2) is 5.82 Å². The predicted octanol–water partition coefficient (Wildman–Crippen LogP) is 3.38. The molecule has 3 heterocycles. The van der Waals surface area contributed by atoms with E-state index in [4.69, 9.17) is 19.5 Å². The summed E-state index contributed by atoms with van der Waals surface area (Å²) in [6.07, 6.45) is 2.09. The van der Waals surface area contributed by atoms with Crippen molar-refractivity contribution in [3.8, 4) is 11.9 Å². The Morgan fingerprint density at radius 2 is 2.00 bits per heavy atom. The number of fused-ring (bicyclic) bond motifs is 2. The standard InChI is InChI=1S/C23H23F2N5O4/c1-23(4-5-23)34-22(31)30-8-14-10-32-11-15(9-30)19(14)33-21-18(25)20(27-12-28-21)29-17-3-2-13(7-26)6-16(17)24/h2-3,6,12,14-15,19H,4-5,8-11H2,1H3,(H,27,28,29). The van der Waals surface area contributed by atoms with Gasteiger partial charge in [-0.25, -0.2) is 14.2 Å². The van der Waals surface area contributed by atoms with Crippen LogP contribution in [0.4, 0.5) is 25.1 Å². The summed E-state index contributed by atoms with van der Waals surface area (Å²) in [6.45, 7) is 3.36. The number of benzene rings is 1. The Morgan fingerprint density at radius 1 is 1.26 bits per heavy atom. The zero-order chi connectivity index (χ0) is 23.9. The van der Waals surface area contributed by atoms with Crippen LogP contribution in [-0.2, 0) is 9.47 Å². The smallest absolute Gasteiger partial charge is 0.410 e. The number of anilines is 2. The van der Waals surface area contributed by atoms with Crippen molar-refractivity contribution in [3.63, 3.8) is 0 Å². The molecule has 3 fully saturated rings. The van der Waals surface area contributed by atoms with E-state index in [1.807, 2.05) is 13.0 Å². The van der Waals surface area contributed by atoms with Gasteiger partial charge in [0.1, 0.15) is 23.8 Å². The second-order valence-corrected chi connectivity index (χ2v) is 9.14. The molecule has 2 saturated heterocycles. The molecule has 3 aliphatic rings. The van der Waals surface area contributed by atoms with Gasteiger partial charge in [-0.05, 0) is 38.0 Å². The monoisotopic (exact) mass is 471 g/mol. The number of nitriles is 1. The molecule has 34 heavy (non-hydrogen) atoms. The normalized spacial score (nSPS) is 24.6. The van der Waals surface area contributed by atoms with E-state index in [2.05, 4.69) is 15.3 Å². The van der Waals surface area contributed by atoms with E-state index in [0.717, 1.165) is 25.2 Å². The minimum Gasteiger partial charge on any atom is -0.471 e. The molecule has 2 aromatic rings. The molecule has 1 aromatic heterocycles. The fraction of sp³-hybridized carbons (Fsp3) is 0.478. The van der Waals surface area contributed by atoms with Crippen LogP contribution < -0.4 is 10.1 Å². The van der Waals surface area contributed by atoms with Crippen LogP contribution in [-0.4, -0.2) is 59.0 Å². The molecule has 11 heteroatoms. The highest BCUT2D eigenvalue weighted by atomic mass is 19.1. The molecule has 2 unspecified atom stereocenters. The third kappa shape index (κ3) is 4.46. The summed E-state index contributed by atoms with van der Waals surface area (Å²) in [4.78, 5) is 22.0. The summed E-state index contributed by atoms with van der Waals surface area (Å²) in [6, 6.07) is 5.62. The summed E-state index contributed by atoms with van der Waals surface area (Å²) in [5.74, 6) is -2.48. The zero-order valence-electron chi connectivity index (χ0n) is 18.5. The number of nitrogens with one attached hydrogen (secondary N) is 1. The number of carbonyl (C=O) groups excluding carboxylic acids is 1. The van der Waals surface area contributed by atoms with E-state index < -0.39 is 17.7 Å². The summed E-state index contributed by atoms with van der Waals surface area (Å²) in [5.41, 5.74) is -0.257. The Labute approximate surface area is 194 Å². The molecule has 1 N–H and O–H groups in total. The summed E-state index contributed by atoms with van der Waals surface area (Å²) in [7, 11) is 0. The first-order chi connectivity index (χ1) is 16.3. The topological polar surface area (TPSA) is 110 Å².